The van der Waals surface area contributed by atoms with E-state index < -0.39 is 5.97 Å². The fourth-order valence-electron chi connectivity index (χ4n) is 1.60. The van der Waals surface area contributed by atoms with E-state index in [2.05, 4.69) is 5.48 Å². The largest absolute Gasteiger partial charge is 0.478 e. The van der Waals surface area contributed by atoms with Gasteiger partial charge in [-0.2, -0.15) is 0 Å². The Bertz CT molecular complexity index is 443. The summed E-state index contributed by atoms with van der Waals surface area (Å²) in [6, 6.07) is 5.09. The molecule has 1 rings (SSSR count). The molecule has 0 spiro atoms. The normalized spacial score (nSPS) is 10.1. The standard InChI is InChI=1S/C13H17NO4/c1-3-9-6-5-7-10(13(16)17)11(9)8-18-14-12(15)4-2/h5-7H,3-4,8H2,1-2H3,(H,14,15)(H,16,17). The molecule has 2 N–H and O–H groups in total. The third kappa shape index (κ3) is 3.56. The zero-order chi connectivity index (χ0) is 13.5. The molecule has 0 aliphatic carbocycles. The van der Waals surface area contributed by atoms with Crippen molar-refractivity contribution in [1.82, 2.24) is 5.48 Å². The number of amides is 1. The number of hydrogen-bond donors (Lipinski definition) is 2. The Morgan fingerprint density at radius 1 is 1.33 bits per heavy atom. The van der Waals surface area contributed by atoms with Gasteiger partial charge in [0, 0.05) is 6.42 Å². The number of carbonyl (C=O) groups excluding carboxylic acids is 1. The van der Waals surface area contributed by atoms with Crippen molar-refractivity contribution in [1.29, 1.82) is 0 Å². The highest BCUT2D eigenvalue weighted by atomic mass is 16.6. The van der Waals surface area contributed by atoms with Crippen LogP contribution < -0.4 is 5.48 Å². The molecule has 0 aliphatic heterocycles. The van der Waals surface area contributed by atoms with E-state index >= 15 is 0 Å². The van der Waals surface area contributed by atoms with Gasteiger partial charge < -0.3 is 5.11 Å². The van der Waals surface area contributed by atoms with Gasteiger partial charge in [-0.3, -0.25) is 9.63 Å². The van der Waals surface area contributed by atoms with Crippen molar-refractivity contribution in [2.24, 2.45) is 0 Å². The predicted octanol–water partition coefficient (Wildman–Crippen LogP) is 1.91. The second-order valence-corrected chi connectivity index (χ2v) is 3.77. The minimum atomic E-state index is -0.995. The monoisotopic (exact) mass is 251 g/mol. The summed E-state index contributed by atoms with van der Waals surface area (Å²) >= 11 is 0. The highest BCUT2D eigenvalue weighted by molar-refractivity contribution is 5.89. The van der Waals surface area contributed by atoms with E-state index in [1.165, 1.54) is 6.07 Å². The second-order valence-electron chi connectivity index (χ2n) is 3.77. The molecule has 0 atom stereocenters. The van der Waals surface area contributed by atoms with Crippen LogP contribution in [0.15, 0.2) is 18.2 Å². The van der Waals surface area contributed by atoms with Gasteiger partial charge in [0.15, 0.2) is 0 Å². The molecule has 0 bridgehead atoms. The topological polar surface area (TPSA) is 75.6 Å². The molecule has 0 saturated carbocycles. The number of benzene rings is 1. The SMILES string of the molecule is CCC(=O)NOCc1c(CC)cccc1C(=O)O. The van der Waals surface area contributed by atoms with E-state index in [4.69, 9.17) is 9.94 Å². The van der Waals surface area contributed by atoms with Crippen LogP contribution in [0.1, 0.15) is 41.8 Å². The van der Waals surface area contributed by atoms with Crippen LogP contribution in [-0.4, -0.2) is 17.0 Å². The lowest BCUT2D eigenvalue weighted by Gasteiger charge is -2.11. The number of hydroxylamine groups is 1. The van der Waals surface area contributed by atoms with Crippen molar-refractivity contribution in [3.8, 4) is 0 Å². The van der Waals surface area contributed by atoms with Crippen LogP contribution in [0.4, 0.5) is 0 Å². The molecule has 5 nitrogen and oxygen atoms in total. The van der Waals surface area contributed by atoms with Crippen LogP contribution in [0.3, 0.4) is 0 Å². The first-order chi connectivity index (χ1) is 8.60. The Morgan fingerprint density at radius 3 is 2.61 bits per heavy atom. The van der Waals surface area contributed by atoms with Gasteiger partial charge in [0.1, 0.15) is 6.61 Å². The van der Waals surface area contributed by atoms with E-state index in [1.54, 1.807) is 13.0 Å². The summed E-state index contributed by atoms with van der Waals surface area (Å²) in [5.74, 6) is -1.23. The molecule has 1 aromatic rings. The molecule has 0 radical (unpaired) electrons. The Labute approximate surface area is 106 Å². The van der Waals surface area contributed by atoms with Crippen molar-refractivity contribution < 1.29 is 19.5 Å². The van der Waals surface area contributed by atoms with E-state index in [1.807, 2.05) is 13.0 Å². The molecule has 1 amide bonds. The number of nitrogens with one attached hydrogen (secondary N) is 1. The lowest BCUT2D eigenvalue weighted by molar-refractivity contribution is -0.134. The summed E-state index contributed by atoms with van der Waals surface area (Å²) in [6.45, 7) is 3.70. The van der Waals surface area contributed by atoms with Crippen molar-refractivity contribution >= 4 is 11.9 Å². The highest BCUT2D eigenvalue weighted by Crippen LogP contribution is 2.16. The molecule has 0 heterocycles. The quantitative estimate of drug-likeness (QED) is 0.757. The molecule has 1 aromatic carbocycles. The summed E-state index contributed by atoms with van der Waals surface area (Å²) in [7, 11) is 0. The van der Waals surface area contributed by atoms with Crippen LogP contribution in [0.25, 0.3) is 0 Å². The van der Waals surface area contributed by atoms with Crippen LogP contribution in [0, 0.1) is 0 Å². The van der Waals surface area contributed by atoms with Gasteiger partial charge in [0.05, 0.1) is 5.56 Å². The van der Waals surface area contributed by atoms with Gasteiger partial charge in [0.2, 0.25) is 5.91 Å². The second kappa shape index (κ2) is 6.76. The van der Waals surface area contributed by atoms with Gasteiger partial charge in [-0.25, -0.2) is 10.3 Å². The van der Waals surface area contributed by atoms with Crippen LogP contribution in [-0.2, 0) is 22.7 Å². The molecule has 0 aromatic heterocycles. The van der Waals surface area contributed by atoms with E-state index in [9.17, 15) is 9.59 Å². The van der Waals surface area contributed by atoms with Crippen molar-refractivity contribution in [2.45, 2.75) is 33.3 Å². The van der Waals surface area contributed by atoms with Gasteiger partial charge in [0.25, 0.3) is 0 Å². The zero-order valence-corrected chi connectivity index (χ0v) is 10.5. The number of aromatic carboxylic acids is 1. The van der Waals surface area contributed by atoms with E-state index in [0.29, 0.717) is 18.4 Å². The fourth-order valence-corrected chi connectivity index (χ4v) is 1.60. The third-order valence-electron chi connectivity index (χ3n) is 2.61. The average molecular weight is 251 g/mol. The van der Waals surface area contributed by atoms with Gasteiger partial charge in [-0.1, -0.05) is 26.0 Å². The maximum absolute atomic E-state index is 11.1. The van der Waals surface area contributed by atoms with Crippen molar-refractivity contribution in [3.63, 3.8) is 0 Å². The maximum atomic E-state index is 11.1. The van der Waals surface area contributed by atoms with Crippen LogP contribution in [0.2, 0.25) is 0 Å². The molecule has 0 aliphatic rings. The smallest absolute Gasteiger partial charge is 0.336 e. The zero-order valence-electron chi connectivity index (χ0n) is 10.5. The fraction of sp³-hybridized carbons (Fsp3) is 0.385. The van der Waals surface area contributed by atoms with Crippen LogP contribution in [0.5, 0.6) is 0 Å². The number of carboxylic acids is 1. The number of hydrogen-bond acceptors (Lipinski definition) is 3. The van der Waals surface area contributed by atoms with Crippen molar-refractivity contribution in [2.75, 3.05) is 0 Å². The molecule has 0 fully saturated rings. The summed E-state index contributed by atoms with van der Waals surface area (Å²) in [5.41, 5.74) is 3.98. The lowest BCUT2D eigenvalue weighted by Crippen LogP contribution is -2.23. The third-order valence-corrected chi connectivity index (χ3v) is 2.61. The average Bonchev–Trinajstić information content (AvgIpc) is 2.38. The molecule has 5 heteroatoms. The number of aryl methyl sites for hydroxylation is 1. The number of rotatable bonds is 6. The van der Waals surface area contributed by atoms with Gasteiger partial charge in [-0.05, 0) is 23.6 Å². The first-order valence-electron chi connectivity index (χ1n) is 5.84. The van der Waals surface area contributed by atoms with Gasteiger partial charge >= 0.3 is 5.97 Å². The predicted molar refractivity (Wildman–Crippen MR) is 66.0 cm³/mol. The molecule has 98 valence electrons. The Kier molecular flexibility index (Phi) is 5.32. The number of carboxylic acid groups (broad SMARTS) is 1. The lowest BCUT2D eigenvalue weighted by atomic mass is 10.00. The minimum Gasteiger partial charge on any atom is -0.478 e. The highest BCUT2D eigenvalue weighted by Gasteiger charge is 2.13. The molecule has 18 heavy (non-hydrogen) atoms. The number of carbonyl (C=O) groups is 2. The Hall–Kier alpha value is -1.88. The maximum Gasteiger partial charge on any atom is 0.336 e. The first kappa shape index (κ1) is 14.2. The Morgan fingerprint density at radius 2 is 2.06 bits per heavy atom. The molecule has 0 saturated heterocycles. The first-order valence-corrected chi connectivity index (χ1v) is 5.84. The molecular weight excluding hydrogens is 234 g/mol. The van der Waals surface area contributed by atoms with E-state index in [0.717, 1.165) is 5.56 Å². The summed E-state index contributed by atoms with van der Waals surface area (Å²) in [6.07, 6.45) is 1.03. The van der Waals surface area contributed by atoms with E-state index in [-0.39, 0.29) is 18.1 Å². The van der Waals surface area contributed by atoms with Crippen molar-refractivity contribution in [3.05, 3.63) is 34.9 Å². The molecular formula is C13H17NO4. The molecule has 0 unspecified atom stereocenters. The summed E-state index contributed by atoms with van der Waals surface area (Å²) < 4.78 is 0. The summed E-state index contributed by atoms with van der Waals surface area (Å²) in [4.78, 5) is 27.2. The van der Waals surface area contributed by atoms with Gasteiger partial charge in [-0.15, -0.1) is 0 Å². The van der Waals surface area contributed by atoms with Crippen LogP contribution >= 0.6 is 0 Å². The Balaban J connectivity index is 2.84. The minimum absolute atomic E-state index is 0.0530. The summed E-state index contributed by atoms with van der Waals surface area (Å²) in [5, 5.41) is 9.10.